The first kappa shape index (κ1) is 17.3. The summed E-state index contributed by atoms with van der Waals surface area (Å²) in [6.07, 6.45) is 1.43. The number of ether oxygens (including phenoxy) is 2. The van der Waals surface area contributed by atoms with Crippen molar-refractivity contribution in [1.29, 1.82) is 0 Å². The smallest absolute Gasteiger partial charge is 0.236 e. The van der Waals surface area contributed by atoms with E-state index in [2.05, 4.69) is 0 Å². The standard InChI is InChI=1S/C18H25FN2O3/c1-14(15-5-3-4-6-16(15)19)20(2)13-17(22)21-9-7-18(8-10-21)23-11-12-24-18/h3-6,14H,7-13H2,1-2H3. The topological polar surface area (TPSA) is 42.0 Å². The maximum atomic E-state index is 13.9. The quantitative estimate of drug-likeness (QED) is 0.845. The van der Waals surface area contributed by atoms with Gasteiger partial charge in [0, 0.05) is 37.5 Å². The van der Waals surface area contributed by atoms with E-state index in [1.54, 1.807) is 12.1 Å². The Labute approximate surface area is 142 Å². The fourth-order valence-corrected chi connectivity index (χ4v) is 3.38. The lowest BCUT2D eigenvalue weighted by atomic mass is 10.0. The summed E-state index contributed by atoms with van der Waals surface area (Å²) < 4.78 is 25.3. The summed E-state index contributed by atoms with van der Waals surface area (Å²) in [4.78, 5) is 16.3. The third-order valence-electron chi connectivity index (χ3n) is 5.09. The molecule has 5 nitrogen and oxygen atoms in total. The average molecular weight is 336 g/mol. The molecule has 2 aliphatic heterocycles. The molecule has 6 heteroatoms. The summed E-state index contributed by atoms with van der Waals surface area (Å²) in [5, 5.41) is 0. The van der Waals surface area contributed by atoms with Gasteiger partial charge in [-0.15, -0.1) is 0 Å². The maximum Gasteiger partial charge on any atom is 0.236 e. The van der Waals surface area contributed by atoms with Gasteiger partial charge in [-0.05, 0) is 20.0 Å². The van der Waals surface area contributed by atoms with Crippen molar-refractivity contribution < 1.29 is 18.7 Å². The minimum Gasteiger partial charge on any atom is -0.347 e. The molecule has 2 saturated heterocycles. The summed E-state index contributed by atoms with van der Waals surface area (Å²) >= 11 is 0. The van der Waals surface area contributed by atoms with E-state index >= 15 is 0 Å². The molecule has 0 radical (unpaired) electrons. The van der Waals surface area contributed by atoms with Crippen LogP contribution in [0.2, 0.25) is 0 Å². The molecule has 24 heavy (non-hydrogen) atoms. The van der Waals surface area contributed by atoms with Crippen molar-refractivity contribution in [2.24, 2.45) is 0 Å². The van der Waals surface area contributed by atoms with Crippen molar-refractivity contribution >= 4 is 5.91 Å². The first-order chi connectivity index (χ1) is 11.5. The van der Waals surface area contributed by atoms with E-state index in [-0.39, 0.29) is 24.3 Å². The van der Waals surface area contributed by atoms with Gasteiger partial charge in [0.05, 0.1) is 19.8 Å². The third-order valence-corrected chi connectivity index (χ3v) is 5.09. The monoisotopic (exact) mass is 336 g/mol. The molecule has 2 aliphatic rings. The number of carbonyl (C=O) groups is 1. The molecule has 2 fully saturated rings. The SMILES string of the molecule is CC(c1ccccc1F)N(C)CC(=O)N1CCC2(CC1)OCCO2. The van der Waals surface area contributed by atoms with Crippen LogP contribution in [0.25, 0.3) is 0 Å². The molecule has 0 bridgehead atoms. The summed E-state index contributed by atoms with van der Waals surface area (Å²) in [6.45, 7) is 4.73. The first-order valence-corrected chi connectivity index (χ1v) is 8.51. The van der Waals surface area contributed by atoms with Crippen LogP contribution in [0.3, 0.4) is 0 Å². The van der Waals surface area contributed by atoms with Crippen LogP contribution in [0.4, 0.5) is 4.39 Å². The van der Waals surface area contributed by atoms with Gasteiger partial charge in [0.25, 0.3) is 0 Å². The highest BCUT2D eigenvalue weighted by atomic mass is 19.1. The second-order valence-electron chi connectivity index (χ2n) is 6.60. The van der Waals surface area contributed by atoms with E-state index in [1.807, 2.05) is 29.8 Å². The number of benzene rings is 1. The van der Waals surface area contributed by atoms with Gasteiger partial charge >= 0.3 is 0 Å². The summed E-state index contributed by atoms with van der Waals surface area (Å²) in [5.74, 6) is -0.642. The van der Waals surface area contributed by atoms with Crippen LogP contribution >= 0.6 is 0 Å². The van der Waals surface area contributed by atoms with Crippen molar-refractivity contribution in [3.8, 4) is 0 Å². The van der Waals surface area contributed by atoms with E-state index in [4.69, 9.17) is 9.47 Å². The van der Waals surface area contributed by atoms with Gasteiger partial charge in [0.1, 0.15) is 5.82 Å². The maximum absolute atomic E-state index is 13.9. The number of rotatable bonds is 4. The fraction of sp³-hybridized carbons (Fsp3) is 0.611. The Morgan fingerprint density at radius 2 is 1.92 bits per heavy atom. The van der Waals surface area contributed by atoms with Gasteiger partial charge in [-0.2, -0.15) is 0 Å². The predicted octanol–water partition coefficient (Wildman–Crippen LogP) is 2.18. The molecular formula is C18H25FN2O3. The van der Waals surface area contributed by atoms with Crippen molar-refractivity contribution in [3.05, 3.63) is 35.6 Å². The van der Waals surface area contributed by atoms with Gasteiger partial charge in [-0.1, -0.05) is 18.2 Å². The Hall–Kier alpha value is -1.50. The van der Waals surface area contributed by atoms with Crippen molar-refractivity contribution in [2.45, 2.75) is 31.6 Å². The number of piperidine rings is 1. The predicted molar refractivity (Wildman–Crippen MR) is 87.9 cm³/mol. The minimum absolute atomic E-state index is 0.0635. The van der Waals surface area contributed by atoms with E-state index < -0.39 is 5.79 Å². The Balaban J connectivity index is 1.54. The van der Waals surface area contributed by atoms with Crippen LogP contribution < -0.4 is 0 Å². The van der Waals surface area contributed by atoms with Gasteiger partial charge in [-0.3, -0.25) is 9.69 Å². The van der Waals surface area contributed by atoms with Crippen molar-refractivity contribution in [1.82, 2.24) is 9.80 Å². The normalized spacial score (nSPS) is 21.4. The summed E-state index contributed by atoms with van der Waals surface area (Å²) in [5.41, 5.74) is 0.609. The number of carbonyl (C=O) groups excluding carboxylic acids is 1. The number of hydrogen-bond donors (Lipinski definition) is 0. The zero-order valence-electron chi connectivity index (χ0n) is 14.3. The van der Waals surface area contributed by atoms with Crippen LogP contribution in [0.15, 0.2) is 24.3 Å². The molecule has 0 aliphatic carbocycles. The highest BCUT2D eigenvalue weighted by molar-refractivity contribution is 5.78. The number of amides is 1. The van der Waals surface area contributed by atoms with Gasteiger partial charge in [-0.25, -0.2) is 4.39 Å². The lowest BCUT2D eigenvalue weighted by molar-refractivity contribution is -0.187. The van der Waals surface area contributed by atoms with Crippen molar-refractivity contribution in [3.63, 3.8) is 0 Å². The van der Waals surface area contributed by atoms with Crippen LogP contribution in [0.1, 0.15) is 31.4 Å². The highest BCUT2D eigenvalue weighted by Crippen LogP contribution is 2.31. The fourth-order valence-electron chi connectivity index (χ4n) is 3.38. The van der Waals surface area contributed by atoms with Gasteiger partial charge in [0.2, 0.25) is 5.91 Å². The van der Waals surface area contributed by atoms with Crippen molar-refractivity contribution in [2.75, 3.05) is 39.9 Å². The highest BCUT2D eigenvalue weighted by Gasteiger charge is 2.40. The zero-order chi connectivity index (χ0) is 17.2. The molecule has 0 saturated carbocycles. The van der Waals surface area contributed by atoms with Crippen LogP contribution in [-0.4, -0.2) is 61.4 Å². The molecule has 0 N–H and O–H groups in total. The molecule has 132 valence electrons. The number of likely N-dealkylation sites (tertiary alicyclic amines) is 1. The molecular weight excluding hydrogens is 311 g/mol. The lowest BCUT2D eigenvalue weighted by Gasteiger charge is -2.38. The van der Waals surface area contributed by atoms with E-state index in [0.717, 1.165) is 0 Å². The van der Waals surface area contributed by atoms with Gasteiger partial charge < -0.3 is 14.4 Å². The number of nitrogens with zero attached hydrogens (tertiary/aromatic N) is 2. The Morgan fingerprint density at radius 1 is 1.29 bits per heavy atom. The molecule has 1 amide bonds. The van der Waals surface area contributed by atoms with Crippen LogP contribution in [0, 0.1) is 5.82 Å². The molecule has 3 rings (SSSR count). The van der Waals surface area contributed by atoms with E-state index in [0.29, 0.717) is 44.7 Å². The number of likely N-dealkylation sites (N-methyl/N-ethyl adjacent to an activating group) is 1. The second kappa shape index (κ2) is 7.17. The van der Waals surface area contributed by atoms with Crippen LogP contribution in [0.5, 0.6) is 0 Å². The number of halogens is 1. The largest absolute Gasteiger partial charge is 0.347 e. The lowest BCUT2D eigenvalue weighted by Crippen LogP contribution is -2.49. The third kappa shape index (κ3) is 3.61. The first-order valence-electron chi connectivity index (χ1n) is 8.51. The van der Waals surface area contributed by atoms with Crippen LogP contribution in [-0.2, 0) is 14.3 Å². The average Bonchev–Trinajstić information content (AvgIpc) is 3.03. The molecule has 1 spiro atoms. The summed E-state index contributed by atoms with van der Waals surface area (Å²) in [7, 11) is 1.85. The van der Waals surface area contributed by atoms with E-state index in [1.165, 1.54) is 6.07 Å². The molecule has 1 unspecified atom stereocenters. The molecule has 2 heterocycles. The summed E-state index contributed by atoms with van der Waals surface area (Å²) in [6, 6.07) is 6.55. The van der Waals surface area contributed by atoms with Gasteiger partial charge in [0.15, 0.2) is 5.79 Å². The second-order valence-corrected chi connectivity index (χ2v) is 6.60. The number of hydrogen-bond acceptors (Lipinski definition) is 4. The molecule has 1 atom stereocenters. The zero-order valence-corrected chi connectivity index (χ0v) is 14.3. The molecule has 1 aromatic rings. The Bertz CT molecular complexity index is 579. The molecule has 0 aromatic heterocycles. The Morgan fingerprint density at radius 3 is 2.54 bits per heavy atom. The molecule has 1 aromatic carbocycles. The minimum atomic E-state index is -0.469. The Kier molecular flexibility index (Phi) is 5.18. The van der Waals surface area contributed by atoms with E-state index in [9.17, 15) is 9.18 Å².